The van der Waals surface area contributed by atoms with Crippen LogP contribution in [0.5, 0.6) is 0 Å². The third-order valence-corrected chi connectivity index (χ3v) is 4.02. The van der Waals surface area contributed by atoms with Crippen molar-refractivity contribution >= 4 is 5.71 Å². The maximum atomic E-state index is 9.02. The Morgan fingerprint density at radius 3 is 2.82 bits per heavy atom. The molecule has 0 radical (unpaired) electrons. The van der Waals surface area contributed by atoms with E-state index in [-0.39, 0.29) is 0 Å². The van der Waals surface area contributed by atoms with Gasteiger partial charge in [0.15, 0.2) is 0 Å². The summed E-state index contributed by atoms with van der Waals surface area (Å²) < 4.78 is 0. The Morgan fingerprint density at radius 2 is 2.00 bits per heavy atom. The lowest BCUT2D eigenvalue weighted by Gasteiger charge is -2.33. The Hall–Kier alpha value is -1.35. The van der Waals surface area contributed by atoms with Gasteiger partial charge in [0.1, 0.15) is 0 Å². The van der Waals surface area contributed by atoms with E-state index in [0.29, 0.717) is 6.04 Å². The average molecular weight is 230 g/mol. The molecule has 0 unspecified atom stereocenters. The molecule has 1 fully saturated rings. The molecule has 1 N–H and O–H groups in total. The third-order valence-electron chi connectivity index (χ3n) is 4.02. The van der Waals surface area contributed by atoms with Crippen molar-refractivity contribution in [2.75, 3.05) is 6.54 Å². The number of benzene rings is 1. The lowest BCUT2D eigenvalue weighted by atomic mass is 9.98. The van der Waals surface area contributed by atoms with Gasteiger partial charge in [-0.25, -0.2) is 0 Å². The van der Waals surface area contributed by atoms with Crippen LogP contribution in [0.25, 0.3) is 0 Å². The van der Waals surface area contributed by atoms with Gasteiger partial charge >= 0.3 is 0 Å². The molecular formula is C14H18N2O. The molecule has 1 aliphatic carbocycles. The van der Waals surface area contributed by atoms with Gasteiger partial charge in [0.2, 0.25) is 0 Å². The Balaban J connectivity index is 1.80. The normalized spacial score (nSPS) is 27.3. The maximum absolute atomic E-state index is 9.02. The fourth-order valence-corrected chi connectivity index (χ4v) is 3.10. The molecule has 1 aromatic rings. The third kappa shape index (κ3) is 1.95. The molecule has 0 amide bonds. The van der Waals surface area contributed by atoms with E-state index in [0.717, 1.165) is 44.5 Å². The van der Waals surface area contributed by atoms with Gasteiger partial charge in [0.05, 0.1) is 11.8 Å². The summed E-state index contributed by atoms with van der Waals surface area (Å²) in [5.74, 6) is 0. The van der Waals surface area contributed by atoms with Crippen LogP contribution in [-0.4, -0.2) is 28.4 Å². The zero-order valence-electron chi connectivity index (χ0n) is 9.97. The first kappa shape index (κ1) is 10.8. The van der Waals surface area contributed by atoms with Gasteiger partial charge in [0, 0.05) is 13.1 Å². The fourth-order valence-electron chi connectivity index (χ4n) is 3.10. The van der Waals surface area contributed by atoms with Crippen LogP contribution in [0.1, 0.15) is 30.4 Å². The molecule has 1 saturated carbocycles. The van der Waals surface area contributed by atoms with Crippen LogP contribution < -0.4 is 0 Å². The van der Waals surface area contributed by atoms with Gasteiger partial charge in [-0.05, 0) is 36.8 Å². The second-order valence-electron chi connectivity index (χ2n) is 4.99. The quantitative estimate of drug-likeness (QED) is 0.594. The number of fused-ring (bicyclic) bond motifs is 1. The lowest BCUT2D eigenvalue weighted by molar-refractivity contribution is 0.216. The molecule has 1 aliphatic heterocycles. The van der Waals surface area contributed by atoms with Crippen LogP contribution in [0, 0.1) is 0 Å². The molecule has 3 nitrogen and oxygen atoms in total. The van der Waals surface area contributed by atoms with E-state index in [1.807, 2.05) is 0 Å². The molecule has 0 bridgehead atoms. The molecule has 2 aliphatic rings. The van der Waals surface area contributed by atoms with Crippen molar-refractivity contribution in [2.24, 2.45) is 5.16 Å². The summed E-state index contributed by atoms with van der Waals surface area (Å²) in [6, 6.07) is 9.03. The van der Waals surface area contributed by atoms with Crippen molar-refractivity contribution in [1.82, 2.24) is 4.90 Å². The summed E-state index contributed by atoms with van der Waals surface area (Å²) in [5.41, 5.74) is 3.89. The monoisotopic (exact) mass is 230 g/mol. The predicted molar refractivity (Wildman–Crippen MR) is 67.4 cm³/mol. The van der Waals surface area contributed by atoms with Crippen LogP contribution in [-0.2, 0) is 13.0 Å². The Morgan fingerprint density at radius 1 is 1.18 bits per heavy atom. The largest absolute Gasteiger partial charge is 0.411 e. The first-order valence-electron chi connectivity index (χ1n) is 6.40. The zero-order chi connectivity index (χ0) is 11.7. The zero-order valence-corrected chi connectivity index (χ0v) is 9.97. The fraction of sp³-hybridized carbons (Fsp3) is 0.500. The average Bonchev–Trinajstić information content (AvgIpc) is 2.86. The van der Waals surface area contributed by atoms with E-state index in [1.165, 1.54) is 11.1 Å². The highest BCUT2D eigenvalue weighted by Crippen LogP contribution is 2.27. The lowest BCUT2D eigenvalue weighted by Crippen LogP contribution is -2.41. The van der Waals surface area contributed by atoms with E-state index >= 15 is 0 Å². The van der Waals surface area contributed by atoms with Crippen LogP contribution in [0.4, 0.5) is 0 Å². The Labute approximate surface area is 102 Å². The Bertz CT molecular complexity index is 442. The van der Waals surface area contributed by atoms with Gasteiger partial charge in [0.25, 0.3) is 0 Å². The number of nitrogens with zero attached hydrogens (tertiary/aromatic N) is 2. The maximum Gasteiger partial charge on any atom is 0.0742 e. The Kier molecular flexibility index (Phi) is 2.85. The molecule has 0 saturated heterocycles. The number of hydrogen-bond acceptors (Lipinski definition) is 3. The van der Waals surface area contributed by atoms with Crippen LogP contribution >= 0.6 is 0 Å². The van der Waals surface area contributed by atoms with E-state index in [1.54, 1.807) is 0 Å². The van der Waals surface area contributed by atoms with E-state index in [4.69, 9.17) is 5.21 Å². The van der Waals surface area contributed by atoms with Gasteiger partial charge in [-0.15, -0.1) is 0 Å². The van der Waals surface area contributed by atoms with E-state index < -0.39 is 0 Å². The van der Waals surface area contributed by atoms with Crippen molar-refractivity contribution < 1.29 is 5.21 Å². The second-order valence-corrected chi connectivity index (χ2v) is 4.99. The summed E-state index contributed by atoms with van der Waals surface area (Å²) in [5, 5.41) is 12.5. The van der Waals surface area contributed by atoms with Crippen molar-refractivity contribution in [3.05, 3.63) is 35.4 Å². The van der Waals surface area contributed by atoms with E-state index in [2.05, 4.69) is 34.3 Å². The molecular weight excluding hydrogens is 212 g/mol. The van der Waals surface area contributed by atoms with Crippen LogP contribution in [0.15, 0.2) is 29.4 Å². The van der Waals surface area contributed by atoms with Crippen molar-refractivity contribution in [3.63, 3.8) is 0 Å². The van der Waals surface area contributed by atoms with Crippen molar-refractivity contribution in [3.8, 4) is 0 Å². The highest BCUT2D eigenvalue weighted by molar-refractivity contribution is 5.90. The van der Waals surface area contributed by atoms with Gasteiger partial charge in [-0.3, -0.25) is 4.90 Å². The standard InChI is InChI=1S/C14H18N2O/c17-15-13-6-3-7-14(13)16-9-8-11-4-1-2-5-12(11)10-16/h1-2,4-5,14,17H,3,6-10H2/b15-13+/t14-/m1/s1. The molecule has 1 heterocycles. The van der Waals surface area contributed by atoms with Gasteiger partial charge < -0.3 is 5.21 Å². The smallest absolute Gasteiger partial charge is 0.0742 e. The number of rotatable bonds is 1. The van der Waals surface area contributed by atoms with Crippen LogP contribution in [0.2, 0.25) is 0 Å². The second kappa shape index (κ2) is 4.49. The minimum Gasteiger partial charge on any atom is -0.411 e. The molecule has 0 spiro atoms. The van der Waals surface area contributed by atoms with Gasteiger partial charge in [-0.2, -0.15) is 0 Å². The summed E-state index contributed by atoms with van der Waals surface area (Å²) >= 11 is 0. The SMILES string of the molecule is O/N=C1\CCC[C@H]1N1CCc2ccccc2C1. The molecule has 17 heavy (non-hydrogen) atoms. The molecule has 3 rings (SSSR count). The summed E-state index contributed by atoms with van der Waals surface area (Å²) in [6.45, 7) is 2.08. The first-order valence-corrected chi connectivity index (χ1v) is 6.40. The first-order chi connectivity index (χ1) is 8.38. The molecule has 1 aromatic carbocycles. The highest BCUT2D eigenvalue weighted by atomic mass is 16.4. The molecule has 3 heteroatoms. The van der Waals surface area contributed by atoms with Crippen molar-refractivity contribution in [1.29, 1.82) is 0 Å². The summed E-state index contributed by atoms with van der Waals surface area (Å²) in [6.07, 6.45) is 4.37. The topological polar surface area (TPSA) is 35.8 Å². The minimum absolute atomic E-state index is 0.369. The summed E-state index contributed by atoms with van der Waals surface area (Å²) in [4.78, 5) is 2.46. The molecule has 0 aromatic heterocycles. The molecule has 90 valence electrons. The van der Waals surface area contributed by atoms with Crippen molar-refractivity contribution in [2.45, 2.75) is 38.3 Å². The minimum atomic E-state index is 0.369. The summed E-state index contributed by atoms with van der Waals surface area (Å²) in [7, 11) is 0. The van der Waals surface area contributed by atoms with Crippen LogP contribution in [0.3, 0.4) is 0 Å². The predicted octanol–water partition coefficient (Wildman–Crippen LogP) is 2.43. The number of oxime groups is 1. The van der Waals surface area contributed by atoms with E-state index in [9.17, 15) is 0 Å². The number of hydrogen-bond donors (Lipinski definition) is 1. The van der Waals surface area contributed by atoms with Gasteiger partial charge in [-0.1, -0.05) is 29.4 Å². The molecule has 1 atom stereocenters. The highest BCUT2D eigenvalue weighted by Gasteiger charge is 2.30.